The number of aryl methyl sites for hydroxylation is 1. The number of allylic oxidation sites excluding steroid dienone is 1. The van der Waals surface area contributed by atoms with E-state index in [0.29, 0.717) is 5.56 Å². The van der Waals surface area contributed by atoms with Crippen LogP contribution in [-0.4, -0.2) is 10.2 Å². The van der Waals surface area contributed by atoms with Crippen LogP contribution in [0.3, 0.4) is 0 Å². The van der Waals surface area contributed by atoms with Crippen LogP contribution in [0, 0.1) is 18.3 Å². The van der Waals surface area contributed by atoms with Crippen LogP contribution in [-0.2, 0) is 0 Å². The highest BCUT2D eigenvalue weighted by Crippen LogP contribution is 2.26. The van der Waals surface area contributed by atoms with Gasteiger partial charge in [-0.05, 0) is 59.9 Å². The molecular formula is C19H17N3. The van der Waals surface area contributed by atoms with Crippen molar-refractivity contribution in [3.8, 4) is 6.07 Å². The Kier molecular flexibility index (Phi) is 3.76. The lowest BCUT2D eigenvalue weighted by atomic mass is 9.95. The maximum atomic E-state index is 8.99. The summed E-state index contributed by atoms with van der Waals surface area (Å²) in [4.78, 5) is 0. The zero-order chi connectivity index (χ0) is 15.5. The van der Waals surface area contributed by atoms with Crippen LogP contribution in [0.5, 0.6) is 0 Å². The number of hydrogen-bond acceptors (Lipinski definition) is 2. The van der Waals surface area contributed by atoms with Crippen molar-refractivity contribution in [1.29, 1.82) is 5.26 Å². The first-order chi connectivity index (χ1) is 10.7. The Balaban J connectivity index is 2.04. The van der Waals surface area contributed by atoms with E-state index in [9.17, 15) is 0 Å². The highest BCUT2D eigenvalue weighted by molar-refractivity contribution is 5.87. The molecule has 0 saturated heterocycles. The summed E-state index contributed by atoms with van der Waals surface area (Å²) in [5.74, 6) is 0. The van der Waals surface area contributed by atoms with Gasteiger partial charge in [0, 0.05) is 5.39 Å². The van der Waals surface area contributed by atoms with Crippen molar-refractivity contribution in [3.05, 3.63) is 64.8 Å². The van der Waals surface area contributed by atoms with Crippen LogP contribution in [0.4, 0.5) is 0 Å². The summed E-state index contributed by atoms with van der Waals surface area (Å²) >= 11 is 0. The van der Waals surface area contributed by atoms with E-state index in [1.54, 1.807) is 0 Å². The van der Waals surface area contributed by atoms with Crippen molar-refractivity contribution in [2.45, 2.75) is 20.3 Å². The highest BCUT2D eigenvalue weighted by atomic mass is 15.1. The Hall–Kier alpha value is -2.86. The molecule has 0 unspecified atom stereocenters. The fourth-order valence-electron chi connectivity index (χ4n) is 2.72. The topological polar surface area (TPSA) is 52.5 Å². The van der Waals surface area contributed by atoms with Gasteiger partial charge in [0.15, 0.2) is 0 Å². The molecule has 0 spiro atoms. The second kappa shape index (κ2) is 5.87. The minimum atomic E-state index is 0.705. The summed E-state index contributed by atoms with van der Waals surface area (Å²) in [5, 5.41) is 17.1. The maximum absolute atomic E-state index is 8.99. The van der Waals surface area contributed by atoms with Crippen molar-refractivity contribution in [2.75, 3.05) is 0 Å². The molecule has 3 rings (SSSR count). The summed E-state index contributed by atoms with van der Waals surface area (Å²) in [5.41, 5.74) is 6.52. The quantitative estimate of drug-likeness (QED) is 0.710. The second-order valence-corrected chi connectivity index (χ2v) is 5.38. The van der Waals surface area contributed by atoms with Crippen LogP contribution < -0.4 is 0 Å². The van der Waals surface area contributed by atoms with Crippen LogP contribution in [0.15, 0.2) is 42.6 Å². The Bertz CT molecular complexity index is 894. The summed E-state index contributed by atoms with van der Waals surface area (Å²) in [6.45, 7) is 4.21. The molecule has 0 aliphatic heterocycles. The third kappa shape index (κ3) is 2.64. The number of fused-ring (bicyclic) bond motifs is 1. The summed E-state index contributed by atoms with van der Waals surface area (Å²) in [7, 11) is 0. The smallest absolute Gasteiger partial charge is 0.0991 e. The molecule has 22 heavy (non-hydrogen) atoms. The van der Waals surface area contributed by atoms with Crippen LogP contribution in [0.2, 0.25) is 0 Å². The van der Waals surface area contributed by atoms with Crippen molar-refractivity contribution in [3.63, 3.8) is 0 Å². The molecule has 3 heteroatoms. The normalized spacial score (nSPS) is 11.6. The largest absolute Gasteiger partial charge is 0.278 e. The van der Waals surface area contributed by atoms with E-state index in [4.69, 9.17) is 5.26 Å². The minimum Gasteiger partial charge on any atom is -0.278 e. The molecule has 1 N–H and O–H groups in total. The molecule has 0 atom stereocenters. The lowest BCUT2D eigenvalue weighted by molar-refractivity contribution is 1.12. The van der Waals surface area contributed by atoms with Gasteiger partial charge in [-0.1, -0.05) is 25.1 Å². The van der Waals surface area contributed by atoms with Gasteiger partial charge < -0.3 is 0 Å². The fourth-order valence-corrected chi connectivity index (χ4v) is 2.72. The van der Waals surface area contributed by atoms with Gasteiger partial charge in [-0.2, -0.15) is 10.4 Å². The first-order valence-electron chi connectivity index (χ1n) is 7.36. The first-order valence-corrected chi connectivity index (χ1v) is 7.36. The minimum absolute atomic E-state index is 0.705. The average molecular weight is 287 g/mol. The van der Waals surface area contributed by atoms with E-state index in [2.05, 4.69) is 48.3 Å². The predicted octanol–water partition coefficient (Wildman–Crippen LogP) is 4.69. The predicted molar refractivity (Wildman–Crippen MR) is 90.1 cm³/mol. The molecule has 0 fully saturated rings. The Morgan fingerprint density at radius 3 is 2.86 bits per heavy atom. The monoisotopic (exact) mass is 287 g/mol. The van der Waals surface area contributed by atoms with Crippen LogP contribution >= 0.6 is 0 Å². The third-order valence-electron chi connectivity index (χ3n) is 3.89. The molecule has 0 bridgehead atoms. The third-order valence-corrected chi connectivity index (χ3v) is 3.89. The zero-order valence-electron chi connectivity index (χ0n) is 12.7. The molecule has 108 valence electrons. The molecular weight excluding hydrogens is 270 g/mol. The van der Waals surface area contributed by atoms with Gasteiger partial charge in [0.05, 0.1) is 23.3 Å². The molecule has 1 heterocycles. The van der Waals surface area contributed by atoms with Gasteiger partial charge in [-0.25, -0.2) is 0 Å². The molecule has 3 aromatic rings. The average Bonchev–Trinajstić information content (AvgIpc) is 3.00. The van der Waals surface area contributed by atoms with Crippen molar-refractivity contribution < 1.29 is 0 Å². The Morgan fingerprint density at radius 2 is 2.14 bits per heavy atom. The number of nitrogens with one attached hydrogen (secondary N) is 1. The summed E-state index contributed by atoms with van der Waals surface area (Å²) in [6, 6.07) is 14.3. The number of hydrogen-bond donors (Lipinski definition) is 1. The van der Waals surface area contributed by atoms with E-state index in [-0.39, 0.29) is 0 Å². The lowest BCUT2D eigenvalue weighted by Gasteiger charge is -2.10. The lowest BCUT2D eigenvalue weighted by Crippen LogP contribution is -1.90. The van der Waals surface area contributed by atoms with Gasteiger partial charge >= 0.3 is 0 Å². The molecule has 0 aliphatic carbocycles. The number of nitrogens with zero attached hydrogens (tertiary/aromatic N) is 2. The highest BCUT2D eigenvalue weighted by Gasteiger charge is 2.05. The fraction of sp³-hybridized carbons (Fsp3) is 0.158. The van der Waals surface area contributed by atoms with Gasteiger partial charge in [0.2, 0.25) is 0 Å². The molecule has 0 aliphatic rings. The van der Waals surface area contributed by atoms with Gasteiger partial charge in [-0.15, -0.1) is 0 Å². The van der Waals surface area contributed by atoms with E-state index in [0.717, 1.165) is 28.5 Å². The molecule has 1 aromatic heterocycles. The first kappa shape index (κ1) is 14.1. The molecule has 3 nitrogen and oxygen atoms in total. The SMILES string of the molecule is CC/C(=C\c1ccc2[nH]ncc2c1)c1ccc(C#N)cc1C. The van der Waals surface area contributed by atoms with E-state index < -0.39 is 0 Å². The second-order valence-electron chi connectivity index (χ2n) is 5.38. The molecule has 0 amide bonds. The number of benzene rings is 2. The molecule has 0 saturated carbocycles. The van der Waals surface area contributed by atoms with Gasteiger partial charge in [-0.3, -0.25) is 5.10 Å². The Morgan fingerprint density at radius 1 is 1.27 bits per heavy atom. The number of rotatable bonds is 3. The number of H-pyrrole nitrogens is 1. The zero-order valence-corrected chi connectivity index (χ0v) is 12.7. The standard InChI is InChI=1S/C19H17N3/c1-3-16(18-6-4-15(11-20)8-13(18)2)9-14-5-7-19-17(10-14)12-21-22-19/h4-10,12H,3H2,1-2H3,(H,21,22)/b16-9+. The number of nitriles is 1. The van der Waals surface area contributed by atoms with Gasteiger partial charge in [0.1, 0.15) is 0 Å². The summed E-state index contributed by atoms with van der Waals surface area (Å²) in [6.07, 6.45) is 4.99. The number of aromatic amines is 1. The summed E-state index contributed by atoms with van der Waals surface area (Å²) < 4.78 is 0. The van der Waals surface area contributed by atoms with E-state index >= 15 is 0 Å². The van der Waals surface area contributed by atoms with Crippen molar-refractivity contribution in [1.82, 2.24) is 10.2 Å². The molecule has 2 aromatic carbocycles. The van der Waals surface area contributed by atoms with Crippen LogP contribution in [0.25, 0.3) is 22.6 Å². The van der Waals surface area contributed by atoms with Crippen molar-refractivity contribution >= 4 is 22.6 Å². The van der Waals surface area contributed by atoms with Gasteiger partial charge in [0.25, 0.3) is 0 Å². The Labute approximate surface area is 129 Å². The molecule has 0 radical (unpaired) electrons. The maximum Gasteiger partial charge on any atom is 0.0991 e. The number of aromatic nitrogens is 2. The van der Waals surface area contributed by atoms with Crippen LogP contribution in [0.1, 0.15) is 35.6 Å². The van der Waals surface area contributed by atoms with E-state index in [1.165, 1.54) is 11.1 Å². The van der Waals surface area contributed by atoms with E-state index in [1.807, 2.05) is 30.5 Å². The van der Waals surface area contributed by atoms with Crippen molar-refractivity contribution in [2.24, 2.45) is 0 Å².